The van der Waals surface area contributed by atoms with E-state index >= 15 is 0 Å². The number of hydrogen-bond donors (Lipinski definition) is 2. The molecule has 0 unspecified atom stereocenters. The quantitative estimate of drug-likeness (QED) is 0.821. The Morgan fingerprint density at radius 3 is 2.56 bits per heavy atom. The summed E-state index contributed by atoms with van der Waals surface area (Å²) < 4.78 is 16.3. The summed E-state index contributed by atoms with van der Waals surface area (Å²) in [6.45, 7) is 0.759. The molecule has 7 nitrogen and oxygen atoms in total. The number of nitrogens with one attached hydrogen (secondary N) is 1. The molecule has 1 aromatic carbocycles. The highest BCUT2D eigenvalue weighted by atomic mass is 16.7. The lowest BCUT2D eigenvalue weighted by Gasteiger charge is -2.38. The van der Waals surface area contributed by atoms with Crippen LogP contribution in [0.4, 0.5) is 0 Å². The van der Waals surface area contributed by atoms with Crippen molar-refractivity contribution in [1.82, 2.24) is 5.32 Å². The molecule has 3 aliphatic rings. The molecular formula is C20H25NO6. The number of hydrogen-bond acceptors (Lipinski definition) is 5. The number of benzene rings is 1. The van der Waals surface area contributed by atoms with Crippen LogP contribution in [0.5, 0.6) is 11.5 Å². The van der Waals surface area contributed by atoms with Gasteiger partial charge in [-0.15, -0.1) is 0 Å². The number of aliphatic carboxylic acids is 1. The van der Waals surface area contributed by atoms with Gasteiger partial charge in [-0.3, -0.25) is 4.79 Å². The van der Waals surface area contributed by atoms with Gasteiger partial charge in [-0.05, 0) is 43.4 Å². The molecule has 1 saturated carbocycles. The Morgan fingerprint density at radius 2 is 1.81 bits per heavy atom. The van der Waals surface area contributed by atoms with Gasteiger partial charge >= 0.3 is 5.97 Å². The fourth-order valence-corrected chi connectivity index (χ4v) is 4.40. The van der Waals surface area contributed by atoms with Crippen LogP contribution in [-0.4, -0.2) is 42.5 Å². The molecule has 0 aromatic heterocycles. The normalized spacial score (nSPS) is 25.9. The van der Waals surface area contributed by atoms with Crippen molar-refractivity contribution in [2.24, 2.45) is 0 Å². The second-order valence-electron chi connectivity index (χ2n) is 7.66. The number of carboxylic acid groups (broad SMARTS) is 1. The third-order valence-corrected chi connectivity index (χ3v) is 5.98. The fourth-order valence-electron chi connectivity index (χ4n) is 4.40. The summed E-state index contributed by atoms with van der Waals surface area (Å²) in [5.41, 5.74) is 1.02. The molecule has 2 heterocycles. The van der Waals surface area contributed by atoms with E-state index in [0.717, 1.165) is 42.7 Å². The van der Waals surface area contributed by atoms with E-state index in [0.29, 0.717) is 19.4 Å². The minimum Gasteiger partial charge on any atom is -0.479 e. The van der Waals surface area contributed by atoms with Gasteiger partial charge in [0, 0.05) is 12.0 Å². The van der Waals surface area contributed by atoms with Crippen molar-refractivity contribution in [1.29, 1.82) is 0 Å². The Balaban J connectivity index is 1.46. The molecule has 1 amide bonds. The van der Waals surface area contributed by atoms with Gasteiger partial charge in [-0.2, -0.15) is 0 Å². The first-order valence-electron chi connectivity index (χ1n) is 9.63. The van der Waals surface area contributed by atoms with Gasteiger partial charge in [0.15, 0.2) is 17.6 Å². The van der Waals surface area contributed by atoms with Crippen LogP contribution in [0.3, 0.4) is 0 Å². The first kappa shape index (κ1) is 18.1. The van der Waals surface area contributed by atoms with E-state index in [1.54, 1.807) is 0 Å². The predicted octanol–water partition coefficient (Wildman–Crippen LogP) is 2.37. The van der Waals surface area contributed by atoms with Crippen LogP contribution in [0.25, 0.3) is 0 Å². The van der Waals surface area contributed by atoms with Gasteiger partial charge < -0.3 is 24.6 Å². The molecule has 7 heteroatoms. The molecule has 4 rings (SSSR count). The van der Waals surface area contributed by atoms with Crippen molar-refractivity contribution in [3.05, 3.63) is 23.8 Å². The highest BCUT2D eigenvalue weighted by molar-refractivity contribution is 5.82. The lowest BCUT2D eigenvalue weighted by Crippen LogP contribution is -2.45. The van der Waals surface area contributed by atoms with E-state index in [4.69, 9.17) is 19.3 Å². The van der Waals surface area contributed by atoms with Crippen molar-refractivity contribution in [3.8, 4) is 11.5 Å². The maximum absolute atomic E-state index is 12.5. The summed E-state index contributed by atoms with van der Waals surface area (Å²) in [4.78, 5) is 23.6. The number of carbonyl (C=O) groups excluding carboxylic acids is 1. The molecule has 2 aliphatic heterocycles. The zero-order chi connectivity index (χ0) is 18.9. The van der Waals surface area contributed by atoms with Gasteiger partial charge in [-0.1, -0.05) is 25.3 Å². The first-order valence-corrected chi connectivity index (χ1v) is 9.63. The molecule has 1 saturated heterocycles. The van der Waals surface area contributed by atoms with Crippen LogP contribution in [0, 0.1) is 0 Å². The predicted molar refractivity (Wildman–Crippen MR) is 95.9 cm³/mol. The van der Waals surface area contributed by atoms with Crippen molar-refractivity contribution >= 4 is 11.9 Å². The van der Waals surface area contributed by atoms with Crippen LogP contribution >= 0.6 is 0 Å². The summed E-state index contributed by atoms with van der Waals surface area (Å²) in [6.07, 6.45) is 4.69. The van der Waals surface area contributed by atoms with Crippen LogP contribution in [0.15, 0.2) is 18.2 Å². The smallest absolute Gasteiger partial charge is 0.332 e. The average Bonchev–Trinajstić information content (AvgIpc) is 3.35. The fraction of sp³-hybridized carbons (Fsp3) is 0.600. The number of carboxylic acids is 1. The Morgan fingerprint density at radius 1 is 1.07 bits per heavy atom. The lowest BCUT2D eigenvalue weighted by molar-refractivity contribution is -0.151. The summed E-state index contributed by atoms with van der Waals surface area (Å²) >= 11 is 0. The zero-order valence-corrected chi connectivity index (χ0v) is 15.2. The number of amides is 1. The molecule has 2 fully saturated rings. The Labute approximate surface area is 158 Å². The van der Waals surface area contributed by atoms with E-state index in [1.807, 2.05) is 12.1 Å². The Hall–Kier alpha value is -2.28. The Kier molecular flexibility index (Phi) is 4.95. The number of rotatable bonds is 5. The standard InChI is InChI=1S/C20H25NO6/c22-18(15-6-7-16(27-15)19(23)24)21-11-20(8-2-1-3-9-20)13-4-5-14-17(10-13)26-12-25-14/h4-5,10,15-16H,1-3,6-9,11-12H2,(H,21,22)(H,23,24)/t15-,16+/m0/s1. The summed E-state index contributed by atoms with van der Waals surface area (Å²) in [5.74, 6) is 0.291. The number of fused-ring (bicyclic) bond motifs is 1. The third-order valence-electron chi connectivity index (χ3n) is 5.98. The lowest BCUT2D eigenvalue weighted by atomic mass is 9.69. The summed E-state index contributed by atoms with van der Waals surface area (Å²) in [6, 6.07) is 6.04. The second-order valence-corrected chi connectivity index (χ2v) is 7.66. The average molecular weight is 375 g/mol. The van der Waals surface area contributed by atoms with Crippen molar-refractivity contribution < 1.29 is 28.9 Å². The monoisotopic (exact) mass is 375 g/mol. The van der Waals surface area contributed by atoms with Gasteiger partial charge in [0.25, 0.3) is 0 Å². The van der Waals surface area contributed by atoms with Crippen LogP contribution < -0.4 is 14.8 Å². The molecule has 2 N–H and O–H groups in total. The van der Waals surface area contributed by atoms with Crippen LogP contribution in [-0.2, 0) is 19.7 Å². The van der Waals surface area contributed by atoms with Gasteiger partial charge in [-0.25, -0.2) is 4.79 Å². The minimum atomic E-state index is -1.01. The van der Waals surface area contributed by atoms with E-state index < -0.39 is 18.2 Å². The first-order chi connectivity index (χ1) is 13.1. The topological polar surface area (TPSA) is 94.1 Å². The zero-order valence-electron chi connectivity index (χ0n) is 15.2. The van der Waals surface area contributed by atoms with Crippen molar-refractivity contribution in [2.45, 2.75) is 62.6 Å². The molecular weight excluding hydrogens is 350 g/mol. The highest BCUT2D eigenvalue weighted by Crippen LogP contribution is 2.43. The minimum absolute atomic E-state index is 0.139. The maximum Gasteiger partial charge on any atom is 0.332 e. The molecule has 0 bridgehead atoms. The van der Waals surface area contributed by atoms with E-state index in [2.05, 4.69) is 11.4 Å². The van der Waals surface area contributed by atoms with Crippen molar-refractivity contribution in [3.63, 3.8) is 0 Å². The van der Waals surface area contributed by atoms with Gasteiger partial charge in [0.1, 0.15) is 6.10 Å². The Bertz CT molecular complexity index is 727. The van der Waals surface area contributed by atoms with Crippen molar-refractivity contribution in [2.75, 3.05) is 13.3 Å². The van der Waals surface area contributed by atoms with Gasteiger partial charge in [0.2, 0.25) is 12.7 Å². The molecule has 2 atom stereocenters. The molecule has 1 aliphatic carbocycles. The third kappa shape index (κ3) is 3.60. The highest BCUT2D eigenvalue weighted by Gasteiger charge is 2.38. The molecule has 27 heavy (non-hydrogen) atoms. The SMILES string of the molecule is O=C(NCC1(c2ccc3c(c2)OCO3)CCCCC1)[C@@H]1CC[C@H](C(=O)O)O1. The number of carbonyl (C=O) groups is 2. The maximum atomic E-state index is 12.5. The molecule has 146 valence electrons. The van der Waals surface area contributed by atoms with E-state index in [9.17, 15) is 9.59 Å². The van der Waals surface area contributed by atoms with E-state index in [-0.39, 0.29) is 18.1 Å². The molecule has 0 radical (unpaired) electrons. The van der Waals surface area contributed by atoms with Gasteiger partial charge in [0.05, 0.1) is 0 Å². The summed E-state index contributed by atoms with van der Waals surface area (Å²) in [7, 11) is 0. The molecule has 1 aromatic rings. The van der Waals surface area contributed by atoms with Crippen LogP contribution in [0.2, 0.25) is 0 Å². The largest absolute Gasteiger partial charge is 0.479 e. The summed E-state index contributed by atoms with van der Waals surface area (Å²) in [5, 5.41) is 12.1. The molecule has 0 spiro atoms. The van der Waals surface area contributed by atoms with Crippen LogP contribution in [0.1, 0.15) is 50.5 Å². The number of ether oxygens (including phenoxy) is 3. The second kappa shape index (κ2) is 7.38. The van der Waals surface area contributed by atoms with E-state index in [1.165, 1.54) is 6.42 Å².